The van der Waals surface area contributed by atoms with Crippen LogP contribution in [0.2, 0.25) is 0 Å². The standard InChI is InChI=1S/C13H16F3N2O8P/c1-5(2)25-27(22)23-4-13(11(15)16)8(26-27)7(19)10(24-13)18-3-6(14)9(20)17-12(18)21/h3,5,7-8,10-11,19H,4H2,1-2H3,(H,17,20,21). The molecule has 2 saturated heterocycles. The highest BCUT2D eigenvalue weighted by Gasteiger charge is 2.67. The monoisotopic (exact) mass is 416 g/mol. The first kappa shape index (κ1) is 20.2. The van der Waals surface area contributed by atoms with Gasteiger partial charge in [0.15, 0.2) is 11.8 Å². The molecule has 14 heteroatoms. The van der Waals surface area contributed by atoms with Crippen molar-refractivity contribution in [3.05, 3.63) is 32.9 Å². The van der Waals surface area contributed by atoms with E-state index in [4.69, 9.17) is 18.3 Å². The summed E-state index contributed by atoms with van der Waals surface area (Å²) < 4.78 is 73.8. The van der Waals surface area contributed by atoms with Gasteiger partial charge in [-0.2, -0.15) is 4.39 Å². The molecular formula is C13H16F3N2O8P. The fourth-order valence-electron chi connectivity index (χ4n) is 2.84. The van der Waals surface area contributed by atoms with Crippen LogP contribution in [0.1, 0.15) is 20.1 Å². The molecule has 1 aromatic heterocycles. The third kappa shape index (κ3) is 3.39. The molecule has 3 rings (SSSR count). The lowest BCUT2D eigenvalue weighted by molar-refractivity contribution is -0.208. The lowest BCUT2D eigenvalue weighted by Gasteiger charge is -2.39. The number of nitrogens with one attached hydrogen (secondary N) is 1. The minimum Gasteiger partial charge on any atom is -0.386 e. The highest BCUT2D eigenvalue weighted by molar-refractivity contribution is 7.48. The molecule has 2 aliphatic heterocycles. The van der Waals surface area contributed by atoms with Crippen molar-refractivity contribution >= 4 is 7.82 Å². The summed E-state index contributed by atoms with van der Waals surface area (Å²) in [6, 6.07) is 0. The number of phosphoric acid groups is 1. The first-order chi connectivity index (χ1) is 12.5. The number of nitrogens with zero attached hydrogens (tertiary/aromatic N) is 1. The number of halogens is 3. The maximum atomic E-state index is 13.7. The molecule has 2 aliphatic rings. The summed E-state index contributed by atoms with van der Waals surface area (Å²) in [4.78, 5) is 24.6. The Kier molecular flexibility index (Phi) is 5.12. The molecule has 0 bridgehead atoms. The van der Waals surface area contributed by atoms with Crippen molar-refractivity contribution < 1.29 is 41.2 Å². The van der Waals surface area contributed by atoms with Crippen LogP contribution in [0.15, 0.2) is 15.8 Å². The number of fused-ring (bicyclic) bond motifs is 1. The van der Waals surface area contributed by atoms with Crippen molar-refractivity contribution in [1.82, 2.24) is 9.55 Å². The van der Waals surface area contributed by atoms with Gasteiger partial charge in [-0.3, -0.25) is 27.9 Å². The fraction of sp³-hybridized carbons (Fsp3) is 0.692. The van der Waals surface area contributed by atoms with Crippen molar-refractivity contribution in [2.75, 3.05) is 6.61 Å². The second-order valence-electron chi connectivity index (χ2n) is 6.30. The van der Waals surface area contributed by atoms with Crippen LogP contribution in [0.4, 0.5) is 13.2 Å². The number of ether oxygens (including phenoxy) is 1. The van der Waals surface area contributed by atoms with Crippen LogP contribution < -0.4 is 11.2 Å². The quantitative estimate of drug-likeness (QED) is 0.680. The number of aromatic nitrogens is 2. The summed E-state index contributed by atoms with van der Waals surface area (Å²) in [6.07, 6.45) is -9.30. The van der Waals surface area contributed by atoms with Gasteiger partial charge in [-0.15, -0.1) is 0 Å². The first-order valence-electron chi connectivity index (χ1n) is 7.75. The number of rotatable bonds is 4. The van der Waals surface area contributed by atoms with E-state index in [1.54, 1.807) is 4.98 Å². The molecule has 0 saturated carbocycles. The van der Waals surface area contributed by atoms with Crippen LogP contribution in [0, 0.1) is 5.82 Å². The predicted octanol–water partition coefficient (Wildman–Crippen LogP) is 0.518. The number of phosphoric ester groups is 1. The van der Waals surface area contributed by atoms with Crippen LogP contribution in [0.25, 0.3) is 0 Å². The minimum atomic E-state index is -4.30. The highest BCUT2D eigenvalue weighted by atomic mass is 31.2. The average molecular weight is 416 g/mol. The van der Waals surface area contributed by atoms with E-state index < -0.39 is 68.1 Å². The number of hydrogen-bond acceptors (Lipinski definition) is 8. The number of H-pyrrole nitrogens is 1. The molecule has 0 aliphatic carbocycles. The summed E-state index contributed by atoms with van der Waals surface area (Å²) >= 11 is 0. The van der Waals surface area contributed by atoms with E-state index in [1.807, 2.05) is 0 Å². The van der Waals surface area contributed by atoms with Crippen LogP contribution >= 0.6 is 7.82 Å². The van der Waals surface area contributed by atoms with Crippen molar-refractivity contribution in [2.24, 2.45) is 0 Å². The van der Waals surface area contributed by atoms with Gasteiger partial charge in [0.2, 0.25) is 5.82 Å². The third-order valence-corrected chi connectivity index (χ3v) is 5.63. The first-order valence-corrected chi connectivity index (χ1v) is 9.21. The zero-order valence-corrected chi connectivity index (χ0v) is 14.9. The molecule has 0 amide bonds. The predicted molar refractivity (Wildman–Crippen MR) is 80.8 cm³/mol. The molecule has 10 nitrogen and oxygen atoms in total. The van der Waals surface area contributed by atoms with E-state index in [9.17, 15) is 32.4 Å². The lowest BCUT2D eigenvalue weighted by atomic mass is 9.96. The van der Waals surface area contributed by atoms with Crippen LogP contribution in [0.5, 0.6) is 0 Å². The van der Waals surface area contributed by atoms with E-state index in [0.29, 0.717) is 10.8 Å². The molecule has 2 fully saturated rings. The van der Waals surface area contributed by atoms with Crippen LogP contribution in [-0.2, 0) is 22.9 Å². The van der Waals surface area contributed by atoms with Crippen molar-refractivity contribution in [2.45, 2.75) is 50.4 Å². The van der Waals surface area contributed by atoms with Crippen molar-refractivity contribution in [1.29, 1.82) is 0 Å². The highest BCUT2D eigenvalue weighted by Crippen LogP contribution is 2.61. The number of aliphatic hydroxyl groups excluding tert-OH is 1. The SMILES string of the molecule is CC(C)OP1(=O)OCC2(C(F)F)OC(n3cc(F)c(=O)[nH]c3=O)C(O)C2O1. The van der Waals surface area contributed by atoms with Gasteiger partial charge in [0, 0.05) is 0 Å². The molecule has 0 spiro atoms. The smallest absolute Gasteiger partial charge is 0.386 e. The number of alkyl halides is 2. The van der Waals surface area contributed by atoms with Gasteiger partial charge in [0.05, 0.1) is 18.9 Å². The topological polar surface area (TPSA) is 129 Å². The molecule has 5 atom stereocenters. The second kappa shape index (κ2) is 6.83. The fourth-order valence-corrected chi connectivity index (χ4v) is 4.47. The molecule has 1 aromatic rings. The van der Waals surface area contributed by atoms with E-state index in [1.165, 1.54) is 13.8 Å². The van der Waals surface area contributed by atoms with E-state index in [-0.39, 0.29) is 0 Å². The molecule has 152 valence electrons. The normalized spacial score (nSPS) is 36.4. The van der Waals surface area contributed by atoms with Crippen molar-refractivity contribution in [3.63, 3.8) is 0 Å². The molecule has 5 unspecified atom stereocenters. The van der Waals surface area contributed by atoms with Gasteiger partial charge in [0.25, 0.3) is 12.0 Å². The number of aromatic amines is 1. The van der Waals surface area contributed by atoms with Gasteiger partial charge in [-0.05, 0) is 13.8 Å². The van der Waals surface area contributed by atoms with Gasteiger partial charge in [-0.1, -0.05) is 0 Å². The zero-order chi connectivity index (χ0) is 20.1. The Balaban J connectivity index is 2.01. The lowest BCUT2D eigenvalue weighted by Crippen LogP contribution is -2.56. The summed E-state index contributed by atoms with van der Waals surface area (Å²) in [7, 11) is -4.30. The van der Waals surface area contributed by atoms with E-state index in [2.05, 4.69) is 0 Å². The van der Waals surface area contributed by atoms with E-state index >= 15 is 0 Å². The Bertz CT molecular complexity index is 889. The van der Waals surface area contributed by atoms with Gasteiger partial charge >= 0.3 is 13.5 Å². The summed E-state index contributed by atoms with van der Waals surface area (Å²) in [6.45, 7) is 2.01. The number of aliphatic hydroxyl groups is 1. The molecule has 3 heterocycles. The van der Waals surface area contributed by atoms with Gasteiger partial charge in [0.1, 0.15) is 12.2 Å². The van der Waals surface area contributed by atoms with Gasteiger partial charge < -0.3 is 9.84 Å². The van der Waals surface area contributed by atoms with E-state index in [0.717, 1.165) is 0 Å². The minimum absolute atomic E-state index is 0.390. The summed E-state index contributed by atoms with van der Waals surface area (Å²) in [5.74, 6) is -1.41. The second-order valence-corrected chi connectivity index (χ2v) is 7.87. The maximum Gasteiger partial charge on any atom is 0.475 e. The summed E-state index contributed by atoms with van der Waals surface area (Å²) in [5.41, 5.74) is -5.14. The van der Waals surface area contributed by atoms with Gasteiger partial charge in [-0.25, -0.2) is 18.1 Å². The molecule has 0 radical (unpaired) electrons. The average Bonchev–Trinajstić information content (AvgIpc) is 2.84. The Labute approximate surface area is 149 Å². The summed E-state index contributed by atoms with van der Waals surface area (Å²) in [5, 5.41) is 10.4. The molecule has 2 N–H and O–H groups in total. The van der Waals surface area contributed by atoms with Crippen LogP contribution in [0.3, 0.4) is 0 Å². The number of hydrogen-bond donors (Lipinski definition) is 2. The maximum absolute atomic E-state index is 13.7. The van der Waals surface area contributed by atoms with Crippen molar-refractivity contribution in [3.8, 4) is 0 Å². The zero-order valence-electron chi connectivity index (χ0n) is 14.0. The molecule has 0 aromatic carbocycles. The Morgan fingerprint density at radius 2 is 2.11 bits per heavy atom. The van der Waals surface area contributed by atoms with Crippen LogP contribution in [-0.4, -0.2) is 51.6 Å². The Hall–Kier alpha value is -1.50. The third-order valence-electron chi connectivity index (χ3n) is 4.02. The Morgan fingerprint density at radius 1 is 1.44 bits per heavy atom. The largest absolute Gasteiger partial charge is 0.475 e. The molecular weight excluding hydrogens is 400 g/mol. The Morgan fingerprint density at radius 3 is 2.70 bits per heavy atom. The molecule has 27 heavy (non-hydrogen) atoms.